The number of rotatable bonds is 7. The largest absolute Gasteiger partial charge is 0.469 e. The molecule has 0 saturated heterocycles. The molecule has 1 aliphatic carbocycles. The number of esters is 1. The lowest BCUT2D eigenvalue weighted by molar-refractivity contribution is -0.153. The topological polar surface area (TPSA) is 93.7 Å². The van der Waals surface area contributed by atoms with Gasteiger partial charge in [0, 0.05) is 6.92 Å². The van der Waals surface area contributed by atoms with E-state index in [1.54, 1.807) is 20.8 Å². The number of carbonyl (C=O) groups excluding carboxylic acids is 3. The van der Waals surface area contributed by atoms with Crippen molar-refractivity contribution in [2.24, 2.45) is 5.92 Å². The van der Waals surface area contributed by atoms with Crippen LogP contribution in [0.15, 0.2) is 30.3 Å². The van der Waals surface area contributed by atoms with Gasteiger partial charge in [-0.3, -0.25) is 9.59 Å². The summed E-state index contributed by atoms with van der Waals surface area (Å²) in [7, 11) is 1.36. The van der Waals surface area contributed by atoms with Crippen LogP contribution in [-0.4, -0.2) is 42.3 Å². The number of alkyl carbamates (subject to hydrolysis) is 1. The minimum Gasteiger partial charge on any atom is -0.469 e. The lowest BCUT2D eigenvalue weighted by Gasteiger charge is -2.53. The maximum atomic E-state index is 12.7. The third kappa shape index (κ3) is 6.45. The number of hydrogen-bond acceptors (Lipinski definition) is 5. The van der Waals surface area contributed by atoms with Crippen LogP contribution in [0.3, 0.4) is 0 Å². The minimum absolute atomic E-state index is 0.211. The van der Waals surface area contributed by atoms with Crippen LogP contribution < -0.4 is 10.6 Å². The number of methoxy groups -OCH3 is 1. The second-order valence-electron chi connectivity index (χ2n) is 10.1. The predicted molar refractivity (Wildman–Crippen MR) is 119 cm³/mol. The van der Waals surface area contributed by atoms with E-state index in [0.717, 1.165) is 5.56 Å². The molecule has 172 valence electrons. The highest BCUT2D eigenvalue weighted by Gasteiger charge is 2.55. The fourth-order valence-corrected chi connectivity index (χ4v) is 4.33. The van der Waals surface area contributed by atoms with Crippen molar-refractivity contribution < 1.29 is 23.9 Å². The van der Waals surface area contributed by atoms with Crippen LogP contribution in [0.1, 0.15) is 66.4 Å². The first-order valence-corrected chi connectivity index (χ1v) is 10.7. The number of carbonyl (C=O) groups is 3. The van der Waals surface area contributed by atoms with Crippen LogP contribution in [0.2, 0.25) is 0 Å². The highest BCUT2D eigenvalue weighted by Crippen LogP contribution is 2.44. The molecular weight excluding hydrogens is 396 g/mol. The molecule has 1 unspecified atom stereocenters. The first-order valence-electron chi connectivity index (χ1n) is 10.7. The molecule has 0 heterocycles. The zero-order valence-electron chi connectivity index (χ0n) is 19.7. The molecule has 0 radical (unpaired) electrons. The fourth-order valence-electron chi connectivity index (χ4n) is 4.33. The van der Waals surface area contributed by atoms with Gasteiger partial charge in [0.15, 0.2) is 0 Å². The Bertz CT molecular complexity index is 792. The summed E-state index contributed by atoms with van der Waals surface area (Å²) in [6, 6.07) is 9.58. The van der Waals surface area contributed by atoms with Gasteiger partial charge in [-0.1, -0.05) is 44.2 Å². The summed E-state index contributed by atoms with van der Waals surface area (Å²) < 4.78 is 10.4. The normalized spacial score (nSPS) is 22.0. The van der Waals surface area contributed by atoms with Gasteiger partial charge in [-0.15, -0.1) is 0 Å². The molecular formula is C24H36N2O5. The van der Waals surface area contributed by atoms with Gasteiger partial charge in [-0.25, -0.2) is 4.79 Å². The zero-order chi connectivity index (χ0) is 23.4. The first-order chi connectivity index (χ1) is 14.3. The van der Waals surface area contributed by atoms with Gasteiger partial charge in [0.05, 0.1) is 24.6 Å². The van der Waals surface area contributed by atoms with Crippen molar-refractivity contribution in [3.63, 3.8) is 0 Å². The molecule has 1 aromatic rings. The molecule has 1 saturated carbocycles. The second-order valence-corrected chi connectivity index (χ2v) is 10.1. The SMILES string of the molecule is COC(=O)C1CC(NC(C)=O)(C(CC(C)(C)c2ccccc2)NC(=O)OC(C)(C)C)C1. The molecule has 31 heavy (non-hydrogen) atoms. The maximum absolute atomic E-state index is 12.7. The van der Waals surface area contributed by atoms with Crippen molar-refractivity contribution in [1.29, 1.82) is 0 Å². The molecule has 2 amide bonds. The van der Waals surface area contributed by atoms with Crippen molar-refractivity contribution in [2.45, 2.75) is 83.4 Å². The van der Waals surface area contributed by atoms with Crippen LogP contribution in [0.4, 0.5) is 4.79 Å². The molecule has 0 aliphatic heterocycles. The van der Waals surface area contributed by atoms with E-state index < -0.39 is 23.3 Å². The lowest BCUT2D eigenvalue weighted by atomic mass is 9.61. The highest BCUT2D eigenvalue weighted by molar-refractivity contribution is 5.78. The van der Waals surface area contributed by atoms with E-state index in [2.05, 4.69) is 24.5 Å². The Balaban J connectivity index is 2.35. The third-order valence-corrected chi connectivity index (χ3v) is 5.81. The van der Waals surface area contributed by atoms with Crippen molar-refractivity contribution in [1.82, 2.24) is 10.6 Å². The Morgan fingerprint density at radius 3 is 2.16 bits per heavy atom. The van der Waals surface area contributed by atoms with Gasteiger partial charge in [-0.2, -0.15) is 0 Å². The smallest absolute Gasteiger partial charge is 0.407 e. The average Bonchev–Trinajstić information content (AvgIpc) is 2.62. The van der Waals surface area contributed by atoms with Gasteiger partial charge < -0.3 is 20.1 Å². The lowest BCUT2D eigenvalue weighted by Crippen LogP contribution is -2.70. The number of amides is 2. The first kappa shape index (κ1) is 24.7. The Labute approximate surface area is 185 Å². The quantitative estimate of drug-likeness (QED) is 0.641. The summed E-state index contributed by atoms with van der Waals surface area (Å²) in [6.07, 6.45) is 0.784. The average molecular weight is 433 g/mol. The van der Waals surface area contributed by atoms with Crippen molar-refractivity contribution in [2.75, 3.05) is 7.11 Å². The minimum atomic E-state index is -0.756. The van der Waals surface area contributed by atoms with Crippen molar-refractivity contribution >= 4 is 18.0 Å². The van der Waals surface area contributed by atoms with E-state index in [1.165, 1.54) is 14.0 Å². The highest BCUT2D eigenvalue weighted by atomic mass is 16.6. The Kier molecular flexibility index (Phi) is 7.40. The number of nitrogens with one attached hydrogen (secondary N) is 2. The van der Waals surface area contributed by atoms with E-state index in [-0.39, 0.29) is 23.2 Å². The van der Waals surface area contributed by atoms with E-state index in [9.17, 15) is 14.4 Å². The Hall–Kier alpha value is -2.57. The molecule has 0 bridgehead atoms. The van der Waals surface area contributed by atoms with Gasteiger partial charge in [0.2, 0.25) is 5.91 Å². The van der Waals surface area contributed by atoms with Crippen LogP contribution in [0.5, 0.6) is 0 Å². The van der Waals surface area contributed by atoms with Gasteiger partial charge in [0.25, 0.3) is 0 Å². The van der Waals surface area contributed by atoms with E-state index in [0.29, 0.717) is 19.3 Å². The molecule has 2 rings (SSSR count). The molecule has 2 N–H and O–H groups in total. The summed E-state index contributed by atoms with van der Waals surface area (Å²) in [4.78, 5) is 36.8. The van der Waals surface area contributed by atoms with Crippen molar-refractivity contribution in [3.8, 4) is 0 Å². The summed E-state index contributed by atoms with van der Waals surface area (Å²) in [5.41, 5.74) is -0.595. The van der Waals surface area contributed by atoms with E-state index >= 15 is 0 Å². The molecule has 1 aliphatic rings. The summed E-state index contributed by atoms with van der Waals surface area (Å²) in [5, 5.41) is 6.02. The van der Waals surface area contributed by atoms with Crippen LogP contribution in [-0.2, 0) is 24.5 Å². The molecule has 1 fully saturated rings. The van der Waals surface area contributed by atoms with Gasteiger partial charge in [0.1, 0.15) is 5.60 Å². The summed E-state index contributed by atoms with van der Waals surface area (Å²) >= 11 is 0. The monoisotopic (exact) mass is 432 g/mol. The molecule has 7 heteroatoms. The van der Waals surface area contributed by atoms with Crippen LogP contribution in [0.25, 0.3) is 0 Å². The standard InChI is InChI=1S/C24H36N2O5/c1-16(27)26-24(13-17(14-24)20(28)30-7)19(25-21(29)31-22(2,3)4)15-23(5,6)18-11-9-8-10-12-18/h8-12,17,19H,13-15H2,1-7H3,(H,25,29)(H,26,27). The summed E-state index contributed by atoms with van der Waals surface area (Å²) in [5.74, 6) is -0.837. The molecule has 0 spiro atoms. The van der Waals surface area contributed by atoms with E-state index in [1.807, 2.05) is 30.3 Å². The summed E-state index contributed by atoms with van der Waals surface area (Å²) in [6.45, 7) is 11.1. The number of benzene rings is 1. The zero-order valence-corrected chi connectivity index (χ0v) is 19.7. The molecule has 0 aromatic heterocycles. The van der Waals surface area contributed by atoms with Gasteiger partial charge in [-0.05, 0) is 51.0 Å². The molecule has 1 atom stereocenters. The fraction of sp³-hybridized carbons (Fsp3) is 0.625. The Morgan fingerprint density at radius 1 is 1.10 bits per heavy atom. The van der Waals surface area contributed by atoms with Crippen LogP contribution in [0, 0.1) is 5.92 Å². The molecule has 1 aromatic carbocycles. The van der Waals surface area contributed by atoms with Crippen molar-refractivity contribution in [3.05, 3.63) is 35.9 Å². The Morgan fingerprint density at radius 2 is 1.68 bits per heavy atom. The van der Waals surface area contributed by atoms with E-state index in [4.69, 9.17) is 9.47 Å². The predicted octanol–water partition coefficient (Wildman–Crippen LogP) is 3.71. The number of hydrogen-bond donors (Lipinski definition) is 2. The maximum Gasteiger partial charge on any atom is 0.407 e. The third-order valence-electron chi connectivity index (χ3n) is 5.81. The number of ether oxygens (including phenoxy) is 2. The second kappa shape index (κ2) is 9.28. The van der Waals surface area contributed by atoms with Gasteiger partial charge >= 0.3 is 12.1 Å². The molecule has 7 nitrogen and oxygen atoms in total. The van der Waals surface area contributed by atoms with Crippen LogP contribution >= 0.6 is 0 Å².